The summed E-state index contributed by atoms with van der Waals surface area (Å²) in [6.07, 6.45) is 0. The van der Waals surface area contributed by atoms with Crippen LogP contribution in [0.4, 0.5) is 10.2 Å². The fourth-order valence-corrected chi connectivity index (χ4v) is 2.39. The van der Waals surface area contributed by atoms with Gasteiger partial charge >= 0.3 is 0 Å². The first kappa shape index (κ1) is 13.4. The molecule has 0 aliphatic rings. The van der Waals surface area contributed by atoms with E-state index in [-0.39, 0.29) is 11.6 Å². The molecule has 3 nitrogen and oxygen atoms in total. The van der Waals surface area contributed by atoms with Gasteiger partial charge in [-0.15, -0.1) is 0 Å². The number of halogens is 1. The summed E-state index contributed by atoms with van der Waals surface area (Å²) in [5.41, 5.74) is 10.3. The number of rotatable bonds is 2. The van der Waals surface area contributed by atoms with Crippen molar-refractivity contribution in [1.29, 1.82) is 0 Å². The van der Waals surface area contributed by atoms with Crippen LogP contribution in [0.1, 0.15) is 11.1 Å². The number of anilines is 1. The Kier molecular flexibility index (Phi) is 3.22. The minimum absolute atomic E-state index is 0.261. The molecule has 106 valence electrons. The van der Waals surface area contributed by atoms with Gasteiger partial charge in [0.25, 0.3) is 0 Å². The van der Waals surface area contributed by atoms with Crippen LogP contribution in [0, 0.1) is 19.7 Å². The third-order valence-electron chi connectivity index (χ3n) is 3.47. The van der Waals surface area contributed by atoms with Crippen LogP contribution in [0.25, 0.3) is 22.5 Å². The zero-order chi connectivity index (χ0) is 15.0. The van der Waals surface area contributed by atoms with Gasteiger partial charge in [0.1, 0.15) is 5.82 Å². The lowest BCUT2D eigenvalue weighted by Crippen LogP contribution is -1.91. The molecular formula is C17H15FN2O. The van der Waals surface area contributed by atoms with Crippen molar-refractivity contribution in [2.75, 3.05) is 5.73 Å². The largest absolute Gasteiger partial charge is 0.380 e. The van der Waals surface area contributed by atoms with Crippen LogP contribution in [0.3, 0.4) is 0 Å². The predicted octanol–water partition coefficient (Wildman–Crippen LogP) is 4.35. The molecule has 0 amide bonds. The van der Waals surface area contributed by atoms with Crippen molar-refractivity contribution in [3.05, 3.63) is 59.4 Å². The molecule has 0 radical (unpaired) electrons. The predicted molar refractivity (Wildman–Crippen MR) is 81.2 cm³/mol. The van der Waals surface area contributed by atoms with Gasteiger partial charge in [0.15, 0.2) is 11.6 Å². The summed E-state index contributed by atoms with van der Waals surface area (Å²) in [5.74, 6) is 0.510. The number of hydrogen-bond donors (Lipinski definition) is 1. The summed E-state index contributed by atoms with van der Waals surface area (Å²) in [4.78, 5) is 0. The van der Waals surface area contributed by atoms with Crippen LogP contribution in [0.15, 0.2) is 47.0 Å². The van der Waals surface area contributed by atoms with E-state index in [1.807, 2.05) is 32.0 Å². The molecule has 0 aliphatic heterocycles. The van der Waals surface area contributed by atoms with Crippen LogP contribution >= 0.6 is 0 Å². The Morgan fingerprint density at radius 3 is 2.67 bits per heavy atom. The molecule has 0 saturated carbocycles. The highest BCUT2D eigenvalue weighted by Crippen LogP contribution is 2.38. The number of aryl methyl sites for hydroxylation is 2. The zero-order valence-corrected chi connectivity index (χ0v) is 11.9. The van der Waals surface area contributed by atoms with E-state index < -0.39 is 0 Å². The van der Waals surface area contributed by atoms with E-state index in [9.17, 15) is 4.39 Å². The summed E-state index contributed by atoms with van der Waals surface area (Å²) >= 11 is 0. The molecule has 0 saturated heterocycles. The highest BCUT2D eigenvalue weighted by atomic mass is 19.1. The lowest BCUT2D eigenvalue weighted by Gasteiger charge is -2.07. The highest BCUT2D eigenvalue weighted by Gasteiger charge is 2.19. The van der Waals surface area contributed by atoms with Crippen molar-refractivity contribution in [2.45, 2.75) is 13.8 Å². The second-order valence-corrected chi connectivity index (χ2v) is 5.10. The third kappa shape index (κ3) is 2.40. The first-order chi connectivity index (χ1) is 10.1. The Bertz CT molecular complexity index is 808. The van der Waals surface area contributed by atoms with E-state index in [2.05, 4.69) is 5.16 Å². The van der Waals surface area contributed by atoms with Gasteiger partial charge in [-0.1, -0.05) is 35.0 Å². The Labute approximate surface area is 122 Å². The Balaban J connectivity index is 2.24. The van der Waals surface area contributed by atoms with E-state index in [1.165, 1.54) is 12.1 Å². The van der Waals surface area contributed by atoms with Gasteiger partial charge in [-0.3, -0.25) is 0 Å². The van der Waals surface area contributed by atoms with Crippen molar-refractivity contribution in [3.63, 3.8) is 0 Å². The average molecular weight is 282 g/mol. The van der Waals surface area contributed by atoms with E-state index in [4.69, 9.17) is 10.3 Å². The maximum Gasteiger partial charge on any atom is 0.177 e. The molecule has 0 bridgehead atoms. The van der Waals surface area contributed by atoms with Crippen molar-refractivity contribution < 1.29 is 8.91 Å². The van der Waals surface area contributed by atoms with Gasteiger partial charge < -0.3 is 10.3 Å². The molecule has 0 fully saturated rings. The lowest BCUT2D eigenvalue weighted by atomic mass is 9.97. The Hall–Kier alpha value is -2.62. The van der Waals surface area contributed by atoms with E-state index in [1.54, 1.807) is 12.1 Å². The van der Waals surface area contributed by atoms with E-state index in [0.717, 1.165) is 16.7 Å². The SMILES string of the molecule is Cc1ccc(C)c(-c2onc(N)c2-c2cccc(F)c2)c1. The van der Waals surface area contributed by atoms with Crippen LogP contribution in [0.5, 0.6) is 0 Å². The van der Waals surface area contributed by atoms with Crippen LogP contribution in [0.2, 0.25) is 0 Å². The molecule has 2 aromatic carbocycles. The molecule has 1 aromatic heterocycles. The van der Waals surface area contributed by atoms with Gasteiger partial charge in [-0.25, -0.2) is 4.39 Å². The quantitative estimate of drug-likeness (QED) is 0.760. The zero-order valence-electron chi connectivity index (χ0n) is 11.9. The first-order valence-electron chi connectivity index (χ1n) is 6.65. The molecule has 21 heavy (non-hydrogen) atoms. The fraction of sp³-hybridized carbons (Fsp3) is 0.118. The van der Waals surface area contributed by atoms with Crippen LogP contribution in [-0.2, 0) is 0 Å². The molecule has 2 N–H and O–H groups in total. The molecule has 1 heterocycles. The summed E-state index contributed by atoms with van der Waals surface area (Å²) in [6, 6.07) is 12.3. The van der Waals surface area contributed by atoms with Crippen molar-refractivity contribution in [2.24, 2.45) is 0 Å². The van der Waals surface area contributed by atoms with E-state index in [0.29, 0.717) is 16.9 Å². The molecule has 0 spiro atoms. The molecule has 3 rings (SSSR count). The monoisotopic (exact) mass is 282 g/mol. The summed E-state index contributed by atoms with van der Waals surface area (Å²) in [6.45, 7) is 3.99. The first-order valence-corrected chi connectivity index (χ1v) is 6.65. The van der Waals surface area contributed by atoms with Crippen LogP contribution < -0.4 is 5.73 Å². The van der Waals surface area contributed by atoms with Crippen molar-refractivity contribution in [3.8, 4) is 22.5 Å². The standard InChI is InChI=1S/C17H15FN2O/c1-10-6-7-11(2)14(8-10)16-15(17(19)20-21-16)12-4-3-5-13(18)9-12/h3-9H,1-2H3,(H2,19,20). The maximum absolute atomic E-state index is 13.5. The molecule has 0 unspecified atom stereocenters. The molecule has 0 atom stereocenters. The topological polar surface area (TPSA) is 52.0 Å². The number of nitrogens with zero attached hydrogens (tertiary/aromatic N) is 1. The Morgan fingerprint density at radius 1 is 1.10 bits per heavy atom. The normalized spacial score (nSPS) is 10.8. The lowest BCUT2D eigenvalue weighted by molar-refractivity contribution is 0.436. The number of aromatic nitrogens is 1. The van der Waals surface area contributed by atoms with Gasteiger partial charge in [0.05, 0.1) is 5.56 Å². The number of benzene rings is 2. The second kappa shape index (κ2) is 5.05. The molecule has 4 heteroatoms. The highest BCUT2D eigenvalue weighted by molar-refractivity contribution is 5.87. The summed E-state index contributed by atoms with van der Waals surface area (Å²) in [5, 5.41) is 3.85. The molecule has 3 aromatic rings. The number of hydrogen-bond acceptors (Lipinski definition) is 3. The molecular weight excluding hydrogens is 267 g/mol. The number of nitrogen functional groups attached to an aromatic ring is 1. The minimum atomic E-state index is -0.319. The summed E-state index contributed by atoms with van der Waals surface area (Å²) in [7, 11) is 0. The van der Waals surface area contributed by atoms with Gasteiger partial charge in [0.2, 0.25) is 0 Å². The Morgan fingerprint density at radius 2 is 1.90 bits per heavy atom. The van der Waals surface area contributed by atoms with Crippen LogP contribution in [-0.4, -0.2) is 5.16 Å². The maximum atomic E-state index is 13.5. The fourth-order valence-electron chi connectivity index (χ4n) is 2.39. The molecule has 0 aliphatic carbocycles. The van der Waals surface area contributed by atoms with Gasteiger partial charge in [-0.05, 0) is 43.2 Å². The van der Waals surface area contributed by atoms with Crippen molar-refractivity contribution in [1.82, 2.24) is 5.16 Å². The second-order valence-electron chi connectivity index (χ2n) is 5.10. The van der Waals surface area contributed by atoms with E-state index >= 15 is 0 Å². The smallest absolute Gasteiger partial charge is 0.177 e. The van der Waals surface area contributed by atoms with Crippen molar-refractivity contribution >= 4 is 5.82 Å². The van der Waals surface area contributed by atoms with Gasteiger partial charge in [0, 0.05) is 5.56 Å². The summed E-state index contributed by atoms with van der Waals surface area (Å²) < 4.78 is 18.9. The minimum Gasteiger partial charge on any atom is -0.380 e. The average Bonchev–Trinajstić information content (AvgIpc) is 2.83. The number of nitrogens with two attached hydrogens (primary N) is 1. The third-order valence-corrected chi connectivity index (χ3v) is 3.47. The van der Waals surface area contributed by atoms with Gasteiger partial charge in [-0.2, -0.15) is 0 Å².